The van der Waals surface area contributed by atoms with Crippen molar-refractivity contribution >= 4 is 22.6 Å². The van der Waals surface area contributed by atoms with Gasteiger partial charge in [-0.05, 0) is 32.1 Å². The molecule has 0 fully saturated rings. The van der Waals surface area contributed by atoms with Crippen LogP contribution < -0.4 is 0 Å². The van der Waals surface area contributed by atoms with Gasteiger partial charge < -0.3 is 9.47 Å². The number of alkyl halides is 1. The molecule has 0 atom stereocenters. The van der Waals surface area contributed by atoms with E-state index in [1.165, 1.54) is 5.52 Å². The van der Waals surface area contributed by atoms with E-state index in [0.717, 1.165) is 50.4 Å². The third-order valence-electron chi connectivity index (χ3n) is 3.70. The van der Waals surface area contributed by atoms with Gasteiger partial charge in [0, 0.05) is 25.0 Å². The van der Waals surface area contributed by atoms with Crippen molar-refractivity contribution in [3.63, 3.8) is 0 Å². The number of nitrogens with zero attached hydrogens (tertiary/aromatic N) is 4. The zero-order chi connectivity index (χ0) is 14.4. The molecular formula is C15H23ClN4. The second kappa shape index (κ2) is 7.60. The number of hydrogen-bond acceptors (Lipinski definition) is 3. The normalized spacial score (nSPS) is 11.6. The van der Waals surface area contributed by atoms with Gasteiger partial charge in [-0.25, -0.2) is 4.98 Å². The molecule has 0 bridgehead atoms. The lowest BCUT2D eigenvalue weighted by Crippen LogP contribution is -2.25. The fourth-order valence-electron chi connectivity index (χ4n) is 2.55. The highest BCUT2D eigenvalue weighted by Crippen LogP contribution is 2.16. The first-order chi connectivity index (χ1) is 9.80. The summed E-state index contributed by atoms with van der Waals surface area (Å²) in [4.78, 5) is 11.2. The van der Waals surface area contributed by atoms with Gasteiger partial charge in [-0.2, -0.15) is 0 Å². The van der Waals surface area contributed by atoms with Crippen molar-refractivity contribution in [2.24, 2.45) is 0 Å². The van der Waals surface area contributed by atoms with Crippen LogP contribution in [0.4, 0.5) is 0 Å². The zero-order valence-electron chi connectivity index (χ0n) is 12.3. The van der Waals surface area contributed by atoms with Crippen LogP contribution in [0.3, 0.4) is 0 Å². The summed E-state index contributed by atoms with van der Waals surface area (Å²) < 4.78 is 2.29. The van der Waals surface area contributed by atoms with E-state index in [9.17, 15) is 0 Å². The van der Waals surface area contributed by atoms with Crippen LogP contribution in [0.15, 0.2) is 18.5 Å². The number of imidazole rings is 1. The highest BCUT2D eigenvalue weighted by Gasteiger charge is 2.10. The molecule has 0 amide bonds. The van der Waals surface area contributed by atoms with Crippen LogP contribution in [-0.2, 0) is 13.0 Å². The van der Waals surface area contributed by atoms with Crippen LogP contribution in [0.25, 0.3) is 11.0 Å². The lowest BCUT2D eigenvalue weighted by molar-refractivity contribution is 0.293. The van der Waals surface area contributed by atoms with E-state index in [4.69, 9.17) is 11.6 Å². The van der Waals surface area contributed by atoms with E-state index in [2.05, 4.69) is 33.3 Å². The quantitative estimate of drug-likeness (QED) is 0.702. The molecule has 0 radical (unpaired) electrons. The number of halogens is 1. The second-order valence-corrected chi connectivity index (χ2v) is 5.24. The van der Waals surface area contributed by atoms with Crippen molar-refractivity contribution in [3.8, 4) is 0 Å². The molecule has 0 aliphatic heterocycles. The predicted molar refractivity (Wildman–Crippen MR) is 84.4 cm³/mol. The Hall–Kier alpha value is -1.13. The highest BCUT2D eigenvalue weighted by atomic mass is 35.5. The van der Waals surface area contributed by atoms with Crippen LogP contribution in [0.1, 0.15) is 26.1 Å². The Morgan fingerprint density at radius 3 is 2.80 bits per heavy atom. The summed E-state index contributed by atoms with van der Waals surface area (Å²) in [7, 11) is 0. The summed E-state index contributed by atoms with van der Waals surface area (Å²) in [6.07, 6.45) is 5.59. The Balaban J connectivity index is 2.12. The molecule has 4 nitrogen and oxygen atoms in total. The number of rotatable bonds is 8. The van der Waals surface area contributed by atoms with Crippen molar-refractivity contribution in [1.29, 1.82) is 0 Å². The number of aryl methyl sites for hydroxylation is 2. The van der Waals surface area contributed by atoms with Crippen LogP contribution in [0, 0.1) is 0 Å². The molecule has 2 aromatic heterocycles. The summed E-state index contributed by atoms with van der Waals surface area (Å²) in [6, 6.07) is 2.04. The standard InChI is InChI=1S/C15H23ClN4/c1-3-19(4-2)10-5-11-20-14-7-9-17-12-13(14)18-15(20)6-8-16/h7,9,12H,3-6,8,10-11H2,1-2H3. The smallest absolute Gasteiger partial charge is 0.111 e. The maximum Gasteiger partial charge on any atom is 0.111 e. The third-order valence-corrected chi connectivity index (χ3v) is 3.89. The van der Waals surface area contributed by atoms with Crippen molar-refractivity contribution in [2.75, 3.05) is 25.5 Å². The van der Waals surface area contributed by atoms with E-state index in [1.807, 2.05) is 18.5 Å². The molecule has 0 aromatic carbocycles. The topological polar surface area (TPSA) is 34.0 Å². The van der Waals surface area contributed by atoms with Crippen molar-refractivity contribution in [3.05, 3.63) is 24.3 Å². The second-order valence-electron chi connectivity index (χ2n) is 4.86. The van der Waals surface area contributed by atoms with Crippen LogP contribution in [0.5, 0.6) is 0 Å². The Kier molecular flexibility index (Phi) is 5.80. The first kappa shape index (κ1) is 15.3. The molecule has 0 aliphatic rings. The number of fused-ring (bicyclic) bond motifs is 1. The van der Waals surface area contributed by atoms with Crippen LogP contribution in [0.2, 0.25) is 0 Å². The van der Waals surface area contributed by atoms with Gasteiger partial charge in [-0.1, -0.05) is 13.8 Å². The van der Waals surface area contributed by atoms with E-state index in [-0.39, 0.29) is 0 Å². The number of aromatic nitrogens is 3. The Labute approximate surface area is 125 Å². The third kappa shape index (κ3) is 3.49. The lowest BCUT2D eigenvalue weighted by Gasteiger charge is -2.18. The predicted octanol–water partition coefficient (Wildman–Crippen LogP) is 2.94. The molecule has 0 saturated carbocycles. The summed E-state index contributed by atoms with van der Waals surface area (Å²) in [5.41, 5.74) is 2.13. The molecule has 5 heteroatoms. The molecule has 2 aromatic rings. The molecule has 110 valence electrons. The highest BCUT2D eigenvalue weighted by molar-refractivity contribution is 6.17. The largest absolute Gasteiger partial charge is 0.328 e. The van der Waals surface area contributed by atoms with Gasteiger partial charge in [0.25, 0.3) is 0 Å². The van der Waals surface area contributed by atoms with Gasteiger partial charge >= 0.3 is 0 Å². The fraction of sp³-hybridized carbons (Fsp3) is 0.600. The minimum Gasteiger partial charge on any atom is -0.328 e. The maximum atomic E-state index is 5.89. The molecule has 2 rings (SSSR count). The van der Waals surface area contributed by atoms with Gasteiger partial charge in [0.15, 0.2) is 0 Å². The maximum absolute atomic E-state index is 5.89. The van der Waals surface area contributed by atoms with E-state index >= 15 is 0 Å². The molecule has 0 saturated heterocycles. The van der Waals surface area contributed by atoms with Crippen molar-refractivity contribution < 1.29 is 0 Å². The number of pyridine rings is 1. The van der Waals surface area contributed by atoms with Gasteiger partial charge in [0.1, 0.15) is 11.3 Å². The van der Waals surface area contributed by atoms with Crippen molar-refractivity contribution in [2.45, 2.75) is 33.2 Å². The van der Waals surface area contributed by atoms with E-state index in [1.54, 1.807) is 0 Å². The zero-order valence-corrected chi connectivity index (χ0v) is 13.1. The molecule has 0 N–H and O–H groups in total. The van der Waals surface area contributed by atoms with E-state index < -0.39 is 0 Å². The summed E-state index contributed by atoms with van der Waals surface area (Å²) >= 11 is 5.89. The SMILES string of the molecule is CCN(CC)CCCn1c(CCCl)nc2cnccc21. The Morgan fingerprint density at radius 1 is 1.30 bits per heavy atom. The molecular weight excluding hydrogens is 272 g/mol. The Morgan fingerprint density at radius 2 is 2.10 bits per heavy atom. The average Bonchev–Trinajstić information content (AvgIpc) is 2.82. The summed E-state index contributed by atoms with van der Waals surface area (Å²) in [6.45, 7) is 8.75. The summed E-state index contributed by atoms with van der Waals surface area (Å²) in [5, 5.41) is 0. The van der Waals surface area contributed by atoms with Gasteiger partial charge in [-0.3, -0.25) is 4.98 Å². The van der Waals surface area contributed by atoms with Gasteiger partial charge in [-0.15, -0.1) is 11.6 Å². The average molecular weight is 295 g/mol. The lowest BCUT2D eigenvalue weighted by atomic mass is 10.3. The molecule has 0 unspecified atom stereocenters. The minimum absolute atomic E-state index is 0.604. The molecule has 0 aliphatic carbocycles. The van der Waals surface area contributed by atoms with Crippen LogP contribution >= 0.6 is 11.6 Å². The molecule has 20 heavy (non-hydrogen) atoms. The van der Waals surface area contributed by atoms with Gasteiger partial charge in [0.2, 0.25) is 0 Å². The van der Waals surface area contributed by atoms with Gasteiger partial charge in [0.05, 0.1) is 11.7 Å². The monoisotopic (exact) mass is 294 g/mol. The minimum atomic E-state index is 0.604. The number of hydrogen-bond donors (Lipinski definition) is 0. The summed E-state index contributed by atoms with van der Waals surface area (Å²) in [5.74, 6) is 1.68. The molecule has 0 spiro atoms. The first-order valence-corrected chi connectivity index (χ1v) is 7.91. The fourth-order valence-corrected chi connectivity index (χ4v) is 2.72. The first-order valence-electron chi connectivity index (χ1n) is 7.37. The van der Waals surface area contributed by atoms with Crippen molar-refractivity contribution in [1.82, 2.24) is 19.4 Å². The Bertz CT molecular complexity index is 534. The van der Waals surface area contributed by atoms with E-state index in [0.29, 0.717) is 5.88 Å². The molecule has 2 heterocycles. The van der Waals surface area contributed by atoms with Crippen LogP contribution in [-0.4, -0.2) is 44.9 Å².